The Balaban J connectivity index is 0.00000300. The van der Waals surface area contributed by atoms with Crippen molar-refractivity contribution < 1.29 is 14.3 Å². The van der Waals surface area contributed by atoms with Gasteiger partial charge in [-0.25, -0.2) is 0 Å². The van der Waals surface area contributed by atoms with E-state index in [0.717, 1.165) is 38.2 Å². The van der Waals surface area contributed by atoms with Gasteiger partial charge in [-0.05, 0) is 41.7 Å². The highest BCUT2D eigenvalue weighted by Crippen LogP contribution is 2.29. The summed E-state index contributed by atoms with van der Waals surface area (Å²) in [6.45, 7) is 3.40. The molecular weight excluding hydrogens is 388 g/mol. The minimum Gasteiger partial charge on any atom is -0.497 e. The fourth-order valence-corrected chi connectivity index (χ4v) is 3.45. The Morgan fingerprint density at radius 3 is 2.45 bits per heavy atom. The van der Waals surface area contributed by atoms with Gasteiger partial charge < -0.3 is 20.1 Å². The third-order valence-electron chi connectivity index (χ3n) is 5.02. The first-order chi connectivity index (χ1) is 13.7. The number of rotatable bonds is 8. The molecule has 0 bridgehead atoms. The Bertz CT molecular complexity index is 811. The van der Waals surface area contributed by atoms with E-state index < -0.39 is 5.91 Å². The number of primary amides is 1. The number of likely N-dealkylation sites (tertiary alicyclic amines) is 1. The minimum absolute atomic E-state index is 0. The Kier molecular flexibility index (Phi) is 9.19. The number of halogens is 1. The second-order valence-electron chi connectivity index (χ2n) is 6.98. The van der Waals surface area contributed by atoms with E-state index in [4.69, 9.17) is 15.2 Å². The molecule has 1 aliphatic rings. The number of nitrogens with two attached hydrogens (primary N) is 1. The molecule has 1 amide bonds. The molecule has 0 spiro atoms. The van der Waals surface area contributed by atoms with Gasteiger partial charge in [0.1, 0.15) is 12.4 Å². The topological polar surface area (TPSA) is 64.8 Å². The third-order valence-corrected chi connectivity index (χ3v) is 5.02. The first kappa shape index (κ1) is 22.9. The summed E-state index contributed by atoms with van der Waals surface area (Å²) in [5, 5.41) is 0. The predicted molar refractivity (Wildman–Crippen MR) is 119 cm³/mol. The standard InChI is InChI=1S/C23H28N2O3.ClH/c1-27-21-8-6-19(7-9-21)22-5-3-2-4-20(22)16-18-10-12-25(13-11-18)14-15-28-17-23(24)26;/h2-9,16H,10-15,17H2,1H3,(H2,24,26);1H. The molecule has 6 heteroatoms. The van der Waals surface area contributed by atoms with Gasteiger partial charge in [-0.1, -0.05) is 48.0 Å². The van der Waals surface area contributed by atoms with E-state index in [1.807, 2.05) is 12.1 Å². The highest BCUT2D eigenvalue weighted by atomic mass is 35.5. The lowest BCUT2D eigenvalue weighted by atomic mass is 9.95. The number of methoxy groups -OCH3 is 1. The molecule has 0 saturated carbocycles. The van der Waals surface area contributed by atoms with Gasteiger partial charge in [-0.15, -0.1) is 12.4 Å². The van der Waals surface area contributed by atoms with Crippen LogP contribution in [0.5, 0.6) is 5.75 Å². The average molecular weight is 417 g/mol. The summed E-state index contributed by atoms with van der Waals surface area (Å²) >= 11 is 0. The molecule has 1 saturated heterocycles. The molecule has 1 fully saturated rings. The minimum atomic E-state index is -0.417. The molecule has 2 aromatic carbocycles. The second-order valence-corrected chi connectivity index (χ2v) is 6.98. The SMILES string of the molecule is COc1ccc(-c2ccccc2C=C2CCN(CCOCC(N)=O)CC2)cc1.Cl. The molecule has 0 radical (unpaired) electrons. The predicted octanol–water partition coefficient (Wildman–Crippen LogP) is 3.77. The van der Waals surface area contributed by atoms with E-state index in [0.29, 0.717) is 6.61 Å². The molecule has 5 nitrogen and oxygen atoms in total. The fourth-order valence-electron chi connectivity index (χ4n) is 3.45. The van der Waals surface area contributed by atoms with Crippen LogP contribution in [0.15, 0.2) is 54.1 Å². The van der Waals surface area contributed by atoms with Gasteiger partial charge >= 0.3 is 0 Å². The lowest BCUT2D eigenvalue weighted by molar-refractivity contribution is -0.122. The lowest BCUT2D eigenvalue weighted by Crippen LogP contribution is -2.34. The van der Waals surface area contributed by atoms with Crippen LogP contribution in [0.2, 0.25) is 0 Å². The van der Waals surface area contributed by atoms with E-state index in [9.17, 15) is 4.79 Å². The summed E-state index contributed by atoms with van der Waals surface area (Å²) in [4.78, 5) is 13.1. The van der Waals surface area contributed by atoms with Gasteiger partial charge in [0.15, 0.2) is 0 Å². The van der Waals surface area contributed by atoms with E-state index in [1.54, 1.807) is 7.11 Å². The molecule has 2 N–H and O–H groups in total. The molecule has 0 aliphatic carbocycles. The van der Waals surface area contributed by atoms with Crippen molar-refractivity contribution >= 4 is 24.4 Å². The fraction of sp³-hybridized carbons (Fsp3) is 0.348. The zero-order valence-electron chi connectivity index (χ0n) is 16.8. The van der Waals surface area contributed by atoms with Gasteiger partial charge in [0.05, 0.1) is 13.7 Å². The van der Waals surface area contributed by atoms with E-state index in [2.05, 4.69) is 47.4 Å². The zero-order chi connectivity index (χ0) is 19.8. The number of carbonyl (C=O) groups is 1. The first-order valence-electron chi connectivity index (χ1n) is 9.67. The van der Waals surface area contributed by atoms with Crippen molar-refractivity contribution in [2.24, 2.45) is 5.73 Å². The third kappa shape index (κ3) is 6.89. The zero-order valence-corrected chi connectivity index (χ0v) is 17.6. The summed E-state index contributed by atoms with van der Waals surface area (Å²) in [6, 6.07) is 16.7. The maximum Gasteiger partial charge on any atom is 0.243 e. The van der Waals surface area contributed by atoms with Crippen molar-refractivity contribution in [1.29, 1.82) is 0 Å². The molecule has 3 rings (SSSR count). The maximum absolute atomic E-state index is 10.7. The summed E-state index contributed by atoms with van der Waals surface area (Å²) in [7, 11) is 1.68. The largest absolute Gasteiger partial charge is 0.497 e. The molecule has 0 unspecified atom stereocenters. The first-order valence-corrected chi connectivity index (χ1v) is 9.67. The van der Waals surface area contributed by atoms with Crippen molar-refractivity contribution in [2.75, 3.05) is 40.0 Å². The molecule has 2 aromatic rings. The number of amides is 1. The average Bonchev–Trinajstić information content (AvgIpc) is 2.73. The monoisotopic (exact) mass is 416 g/mol. The Morgan fingerprint density at radius 2 is 1.79 bits per heavy atom. The normalized spacial score (nSPS) is 14.2. The van der Waals surface area contributed by atoms with Crippen LogP contribution in [-0.4, -0.2) is 50.8 Å². The summed E-state index contributed by atoms with van der Waals surface area (Å²) in [5.74, 6) is 0.450. The molecule has 1 aliphatic heterocycles. The van der Waals surface area contributed by atoms with Gasteiger partial charge in [0, 0.05) is 19.6 Å². The second kappa shape index (κ2) is 11.6. The number of hydrogen-bond donors (Lipinski definition) is 1. The van der Waals surface area contributed by atoms with Gasteiger partial charge in [0.2, 0.25) is 5.91 Å². The number of nitrogens with zero attached hydrogens (tertiary/aromatic N) is 1. The molecule has 29 heavy (non-hydrogen) atoms. The highest BCUT2D eigenvalue weighted by molar-refractivity contribution is 5.85. The number of piperidine rings is 1. The molecule has 1 heterocycles. The van der Waals surface area contributed by atoms with E-state index in [1.165, 1.54) is 22.3 Å². The number of carbonyl (C=O) groups excluding carboxylic acids is 1. The number of hydrogen-bond acceptors (Lipinski definition) is 4. The smallest absolute Gasteiger partial charge is 0.243 e. The van der Waals surface area contributed by atoms with Crippen LogP contribution in [0, 0.1) is 0 Å². The number of ether oxygens (including phenoxy) is 2. The Morgan fingerprint density at radius 1 is 1.10 bits per heavy atom. The van der Waals surface area contributed by atoms with Crippen molar-refractivity contribution in [3.63, 3.8) is 0 Å². The van der Waals surface area contributed by atoms with Crippen molar-refractivity contribution in [2.45, 2.75) is 12.8 Å². The van der Waals surface area contributed by atoms with E-state index in [-0.39, 0.29) is 19.0 Å². The van der Waals surface area contributed by atoms with Crippen LogP contribution in [0.3, 0.4) is 0 Å². The van der Waals surface area contributed by atoms with Crippen molar-refractivity contribution in [1.82, 2.24) is 4.90 Å². The number of benzene rings is 2. The van der Waals surface area contributed by atoms with Crippen LogP contribution in [0.25, 0.3) is 17.2 Å². The Hall–Kier alpha value is -2.34. The molecule has 156 valence electrons. The van der Waals surface area contributed by atoms with Gasteiger partial charge in [0.25, 0.3) is 0 Å². The maximum atomic E-state index is 10.7. The van der Waals surface area contributed by atoms with Crippen molar-refractivity contribution in [3.8, 4) is 16.9 Å². The van der Waals surface area contributed by atoms with Crippen LogP contribution >= 0.6 is 12.4 Å². The summed E-state index contributed by atoms with van der Waals surface area (Å²) in [6.07, 6.45) is 4.43. The van der Waals surface area contributed by atoms with Gasteiger partial charge in [-0.2, -0.15) is 0 Å². The van der Waals surface area contributed by atoms with E-state index >= 15 is 0 Å². The van der Waals surface area contributed by atoms with Gasteiger partial charge in [-0.3, -0.25) is 4.79 Å². The highest BCUT2D eigenvalue weighted by Gasteiger charge is 2.14. The van der Waals surface area contributed by atoms with Crippen LogP contribution < -0.4 is 10.5 Å². The quantitative estimate of drug-likeness (QED) is 0.665. The van der Waals surface area contributed by atoms with Crippen LogP contribution in [0.4, 0.5) is 0 Å². The van der Waals surface area contributed by atoms with Crippen molar-refractivity contribution in [3.05, 3.63) is 59.7 Å². The van der Waals surface area contributed by atoms with Crippen LogP contribution in [-0.2, 0) is 9.53 Å². The molecule has 0 aromatic heterocycles. The Labute approximate surface area is 178 Å². The lowest BCUT2D eigenvalue weighted by Gasteiger charge is -2.28. The summed E-state index contributed by atoms with van der Waals surface area (Å²) in [5.41, 5.74) is 10.2. The molecule has 0 atom stereocenters. The summed E-state index contributed by atoms with van der Waals surface area (Å²) < 4.78 is 10.5. The molecular formula is C23H29ClN2O3. The van der Waals surface area contributed by atoms with Crippen LogP contribution in [0.1, 0.15) is 18.4 Å².